The summed E-state index contributed by atoms with van der Waals surface area (Å²) in [6.07, 6.45) is 1.56. The van der Waals surface area contributed by atoms with Crippen molar-refractivity contribution in [1.29, 1.82) is 0 Å². The number of carboxylic acid groups (broad SMARTS) is 1. The summed E-state index contributed by atoms with van der Waals surface area (Å²) in [5.41, 5.74) is 0.324. The molecule has 102 valence electrons. The third-order valence-electron chi connectivity index (χ3n) is 4.10. The van der Waals surface area contributed by atoms with Crippen LogP contribution in [-0.2, 0) is 10.3 Å². The van der Waals surface area contributed by atoms with Crippen LogP contribution in [0, 0.1) is 5.92 Å². The van der Waals surface area contributed by atoms with Gasteiger partial charge in [-0.25, -0.2) is 4.79 Å². The first kappa shape index (κ1) is 13.6. The molecule has 0 heterocycles. The molecule has 0 bridgehead atoms. The van der Waals surface area contributed by atoms with Crippen molar-refractivity contribution < 1.29 is 14.7 Å². The Hall–Kier alpha value is -1.84. The van der Waals surface area contributed by atoms with Crippen molar-refractivity contribution in [3.63, 3.8) is 0 Å². The SMILES string of the molecule is CC(NC(=O)O)(c1ccccc1)C1CCC(=O)CC1. The minimum absolute atomic E-state index is 0.156. The molecule has 1 atom stereocenters. The lowest BCUT2D eigenvalue weighted by Gasteiger charge is -2.40. The van der Waals surface area contributed by atoms with E-state index in [0.29, 0.717) is 12.8 Å². The number of hydrogen-bond acceptors (Lipinski definition) is 2. The van der Waals surface area contributed by atoms with Gasteiger partial charge in [0.1, 0.15) is 5.78 Å². The lowest BCUT2D eigenvalue weighted by atomic mass is 9.72. The van der Waals surface area contributed by atoms with Crippen LogP contribution in [0.3, 0.4) is 0 Å². The molecular formula is C15H19NO3. The molecule has 0 aromatic heterocycles. The number of carbonyl (C=O) groups is 2. The van der Waals surface area contributed by atoms with Gasteiger partial charge in [-0.1, -0.05) is 30.3 Å². The highest BCUT2D eigenvalue weighted by Gasteiger charge is 2.39. The average Bonchev–Trinajstić information content (AvgIpc) is 2.39. The first-order chi connectivity index (χ1) is 9.02. The van der Waals surface area contributed by atoms with Gasteiger partial charge in [-0.3, -0.25) is 4.79 Å². The van der Waals surface area contributed by atoms with E-state index in [1.54, 1.807) is 0 Å². The van der Waals surface area contributed by atoms with Crippen molar-refractivity contribution in [2.24, 2.45) is 5.92 Å². The smallest absolute Gasteiger partial charge is 0.405 e. The second-order valence-corrected chi connectivity index (χ2v) is 5.31. The van der Waals surface area contributed by atoms with Crippen LogP contribution in [0.15, 0.2) is 30.3 Å². The fourth-order valence-corrected chi connectivity index (χ4v) is 2.93. The van der Waals surface area contributed by atoms with Gasteiger partial charge in [-0.2, -0.15) is 0 Å². The van der Waals surface area contributed by atoms with Crippen molar-refractivity contribution in [1.82, 2.24) is 5.32 Å². The Morgan fingerprint density at radius 1 is 1.26 bits per heavy atom. The standard InChI is InChI=1S/C15H19NO3/c1-15(16-14(18)19,11-5-3-2-4-6-11)12-7-9-13(17)10-8-12/h2-6,12,16H,7-10H2,1H3,(H,18,19). The summed E-state index contributed by atoms with van der Waals surface area (Å²) < 4.78 is 0. The highest BCUT2D eigenvalue weighted by atomic mass is 16.4. The maximum Gasteiger partial charge on any atom is 0.405 e. The lowest BCUT2D eigenvalue weighted by Crippen LogP contribution is -2.49. The van der Waals surface area contributed by atoms with E-state index in [1.165, 1.54) is 0 Å². The molecule has 0 aliphatic heterocycles. The summed E-state index contributed by atoms with van der Waals surface area (Å²) in [6.45, 7) is 1.91. The van der Waals surface area contributed by atoms with Crippen molar-refractivity contribution in [3.05, 3.63) is 35.9 Å². The summed E-state index contributed by atoms with van der Waals surface area (Å²) in [6, 6.07) is 9.60. The van der Waals surface area contributed by atoms with E-state index in [4.69, 9.17) is 5.11 Å². The molecule has 1 aliphatic rings. The van der Waals surface area contributed by atoms with E-state index in [9.17, 15) is 9.59 Å². The molecule has 0 spiro atoms. The number of amides is 1. The Morgan fingerprint density at radius 3 is 2.37 bits per heavy atom. The van der Waals surface area contributed by atoms with Gasteiger partial charge in [-0.05, 0) is 31.2 Å². The molecule has 1 amide bonds. The fraction of sp³-hybridized carbons (Fsp3) is 0.467. The summed E-state index contributed by atoms with van der Waals surface area (Å²) in [5.74, 6) is 0.436. The molecule has 1 aromatic carbocycles. The van der Waals surface area contributed by atoms with Gasteiger partial charge in [0.25, 0.3) is 0 Å². The van der Waals surface area contributed by atoms with Crippen LogP contribution >= 0.6 is 0 Å². The molecule has 4 heteroatoms. The Morgan fingerprint density at radius 2 is 1.84 bits per heavy atom. The maximum atomic E-state index is 11.4. The van der Waals surface area contributed by atoms with Crippen LogP contribution in [0.4, 0.5) is 4.79 Å². The second kappa shape index (κ2) is 5.43. The summed E-state index contributed by atoms with van der Waals surface area (Å²) in [5, 5.41) is 11.8. The molecule has 2 rings (SSSR count). The van der Waals surface area contributed by atoms with Crippen molar-refractivity contribution in [3.8, 4) is 0 Å². The number of ketones is 1. The van der Waals surface area contributed by atoms with Gasteiger partial charge in [0, 0.05) is 12.8 Å². The second-order valence-electron chi connectivity index (χ2n) is 5.31. The molecule has 0 saturated heterocycles. The van der Waals surface area contributed by atoms with E-state index in [1.807, 2.05) is 37.3 Å². The minimum atomic E-state index is -1.02. The van der Waals surface area contributed by atoms with E-state index < -0.39 is 11.6 Å². The Kier molecular flexibility index (Phi) is 3.88. The van der Waals surface area contributed by atoms with Gasteiger partial charge >= 0.3 is 6.09 Å². The van der Waals surface area contributed by atoms with E-state index in [-0.39, 0.29) is 11.7 Å². The Balaban J connectivity index is 2.29. The fourth-order valence-electron chi connectivity index (χ4n) is 2.93. The first-order valence-electron chi connectivity index (χ1n) is 6.60. The van der Waals surface area contributed by atoms with Gasteiger partial charge in [0.15, 0.2) is 0 Å². The zero-order valence-electron chi connectivity index (χ0n) is 11.1. The number of nitrogens with one attached hydrogen (secondary N) is 1. The summed E-state index contributed by atoms with van der Waals surface area (Å²) in [7, 11) is 0. The third-order valence-corrected chi connectivity index (χ3v) is 4.10. The number of rotatable bonds is 3. The Bertz CT molecular complexity index is 462. The van der Waals surface area contributed by atoms with Crippen molar-refractivity contribution in [2.75, 3.05) is 0 Å². The van der Waals surface area contributed by atoms with Crippen LogP contribution in [0.2, 0.25) is 0 Å². The van der Waals surface area contributed by atoms with E-state index in [0.717, 1.165) is 18.4 Å². The molecule has 19 heavy (non-hydrogen) atoms. The number of carbonyl (C=O) groups excluding carboxylic acids is 1. The zero-order valence-corrected chi connectivity index (χ0v) is 11.1. The molecular weight excluding hydrogens is 242 g/mol. The maximum absolute atomic E-state index is 11.4. The molecule has 1 aliphatic carbocycles. The molecule has 1 unspecified atom stereocenters. The van der Waals surface area contributed by atoms with Crippen LogP contribution < -0.4 is 5.32 Å². The Labute approximate surface area is 112 Å². The van der Waals surface area contributed by atoms with Gasteiger partial charge < -0.3 is 10.4 Å². The molecule has 1 saturated carbocycles. The molecule has 1 aromatic rings. The van der Waals surface area contributed by atoms with Crippen LogP contribution in [0.25, 0.3) is 0 Å². The predicted molar refractivity (Wildman–Crippen MR) is 71.9 cm³/mol. The topological polar surface area (TPSA) is 66.4 Å². The van der Waals surface area contributed by atoms with Crippen LogP contribution in [0.1, 0.15) is 38.2 Å². The molecule has 0 radical (unpaired) electrons. The highest BCUT2D eigenvalue weighted by Crippen LogP contribution is 2.38. The first-order valence-corrected chi connectivity index (χ1v) is 6.60. The van der Waals surface area contributed by atoms with Gasteiger partial charge in [0.2, 0.25) is 0 Å². The van der Waals surface area contributed by atoms with Crippen molar-refractivity contribution >= 4 is 11.9 Å². The van der Waals surface area contributed by atoms with Crippen molar-refractivity contribution in [2.45, 2.75) is 38.1 Å². The predicted octanol–water partition coefficient (Wildman–Crippen LogP) is 2.93. The normalized spacial score (nSPS) is 19.7. The van der Waals surface area contributed by atoms with Crippen LogP contribution in [-0.4, -0.2) is 17.0 Å². The van der Waals surface area contributed by atoms with Crippen LogP contribution in [0.5, 0.6) is 0 Å². The quantitative estimate of drug-likeness (QED) is 0.879. The number of benzene rings is 1. The van der Waals surface area contributed by atoms with E-state index >= 15 is 0 Å². The van der Waals surface area contributed by atoms with Gasteiger partial charge in [0.05, 0.1) is 5.54 Å². The van der Waals surface area contributed by atoms with Gasteiger partial charge in [-0.15, -0.1) is 0 Å². The molecule has 1 fully saturated rings. The monoisotopic (exact) mass is 261 g/mol. The highest BCUT2D eigenvalue weighted by molar-refractivity contribution is 5.79. The molecule has 2 N–H and O–H groups in total. The average molecular weight is 261 g/mol. The largest absolute Gasteiger partial charge is 0.465 e. The zero-order chi connectivity index (χ0) is 13.9. The lowest BCUT2D eigenvalue weighted by molar-refractivity contribution is -0.121. The number of Topliss-reactive ketones (excluding diaryl/α,β-unsaturated/α-hetero) is 1. The number of hydrogen-bond donors (Lipinski definition) is 2. The summed E-state index contributed by atoms with van der Waals surface area (Å²) >= 11 is 0. The minimum Gasteiger partial charge on any atom is -0.465 e. The molecule has 4 nitrogen and oxygen atoms in total. The third kappa shape index (κ3) is 2.95. The summed E-state index contributed by atoms with van der Waals surface area (Å²) in [4.78, 5) is 22.5. The van der Waals surface area contributed by atoms with E-state index in [2.05, 4.69) is 5.32 Å².